The van der Waals surface area contributed by atoms with Gasteiger partial charge in [-0.2, -0.15) is 5.10 Å². The highest BCUT2D eigenvalue weighted by molar-refractivity contribution is 5.30. The third kappa shape index (κ3) is 4.14. The molecule has 146 valence electrons. The molecule has 1 aromatic carbocycles. The van der Waals surface area contributed by atoms with E-state index in [1.54, 1.807) is 12.1 Å². The molecule has 28 heavy (non-hydrogen) atoms. The van der Waals surface area contributed by atoms with Gasteiger partial charge in [-0.05, 0) is 75.0 Å². The molecular formula is C23H27FN4. The van der Waals surface area contributed by atoms with Gasteiger partial charge in [0.2, 0.25) is 0 Å². The fraction of sp³-hybridized carbons (Fsp3) is 0.391. The normalized spacial score (nSPS) is 17.4. The molecule has 0 bridgehead atoms. The molecule has 0 N–H and O–H groups in total. The van der Waals surface area contributed by atoms with Gasteiger partial charge in [0.05, 0.1) is 17.4 Å². The fourth-order valence-corrected chi connectivity index (χ4v) is 4.30. The molecule has 1 saturated heterocycles. The van der Waals surface area contributed by atoms with E-state index < -0.39 is 0 Å². The summed E-state index contributed by atoms with van der Waals surface area (Å²) in [6.45, 7) is 6.10. The van der Waals surface area contributed by atoms with Crippen LogP contribution in [0.15, 0.2) is 42.6 Å². The number of hydrogen-bond acceptors (Lipinski definition) is 3. The molecule has 1 aliphatic heterocycles. The Morgan fingerprint density at radius 1 is 1.14 bits per heavy atom. The highest BCUT2D eigenvalue weighted by atomic mass is 19.1. The summed E-state index contributed by atoms with van der Waals surface area (Å²) in [7, 11) is 1.97. The van der Waals surface area contributed by atoms with Crippen LogP contribution in [-0.2, 0) is 20.0 Å². The van der Waals surface area contributed by atoms with E-state index in [-0.39, 0.29) is 5.82 Å². The van der Waals surface area contributed by atoms with Crippen LogP contribution in [0.25, 0.3) is 0 Å². The number of aromatic nitrogens is 3. The van der Waals surface area contributed by atoms with E-state index in [0.717, 1.165) is 48.6 Å². The molecule has 2 aromatic heterocycles. The second-order valence-electron chi connectivity index (χ2n) is 7.89. The minimum Gasteiger partial charge on any atom is -0.290 e. The fourth-order valence-electron chi connectivity index (χ4n) is 4.30. The van der Waals surface area contributed by atoms with Crippen LogP contribution in [0.2, 0.25) is 0 Å². The number of likely N-dealkylation sites (tertiary alicyclic amines) is 1. The monoisotopic (exact) mass is 378 g/mol. The average molecular weight is 378 g/mol. The first-order valence-corrected chi connectivity index (χ1v) is 9.93. The zero-order chi connectivity index (χ0) is 19.7. The van der Waals surface area contributed by atoms with Crippen molar-refractivity contribution in [2.45, 2.75) is 45.7 Å². The molecule has 0 amide bonds. The molecule has 1 fully saturated rings. The van der Waals surface area contributed by atoms with E-state index in [1.165, 1.54) is 23.6 Å². The van der Waals surface area contributed by atoms with Crippen LogP contribution >= 0.6 is 0 Å². The van der Waals surface area contributed by atoms with Crippen molar-refractivity contribution in [3.8, 4) is 0 Å². The Morgan fingerprint density at radius 2 is 2.00 bits per heavy atom. The van der Waals surface area contributed by atoms with Crippen LogP contribution in [0.5, 0.6) is 0 Å². The Bertz CT molecular complexity index is 978. The summed E-state index contributed by atoms with van der Waals surface area (Å²) in [6, 6.07) is 11.5. The molecule has 0 saturated carbocycles. The summed E-state index contributed by atoms with van der Waals surface area (Å²) in [5, 5.41) is 4.48. The smallest absolute Gasteiger partial charge is 0.123 e. The third-order valence-electron chi connectivity index (χ3n) is 5.52. The zero-order valence-electron chi connectivity index (χ0n) is 16.8. The molecule has 0 unspecified atom stereocenters. The average Bonchev–Trinajstić information content (AvgIpc) is 3.21. The van der Waals surface area contributed by atoms with E-state index in [0.29, 0.717) is 6.04 Å². The number of aryl methyl sites for hydroxylation is 3. The molecule has 5 heteroatoms. The highest BCUT2D eigenvalue weighted by Crippen LogP contribution is 2.33. The molecule has 4 rings (SSSR count). The molecule has 3 heterocycles. The van der Waals surface area contributed by atoms with Gasteiger partial charge in [-0.25, -0.2) is 4.39 Å². The van der Waals surface area contributed by atoms with Crippen molar-refractivity contribution < 1.29 is 4.39 Å². The summed E-state index contributed by atoms with van der Waals surface area (Å²) >= 11 is 0. The van der Waals surface area contributed by atoms with Gasteiger partial charge in [-0.1, -0.05) is 12.1 Å². The van der Waals surface area contributed by atoms with Crippen molar-refractivity contribution in [3.63, 3.8) is 0 Å². The first-order valence-electron chi connectivity index (χ1n) is 9.93. The maximum atomic E-state index is 13.5. The maximum Gasteiger partial charge on any atom is 0.123 e. The summed E-state index contributed by atoms with van der Waals surface area (Å²) in [4.78, 5) is 7.37. The van der Waals surface area contributed by atoms with Crippen molar-refractivity contribution in [1.82, 2.24) is 19.7 Å². The van der Waals surface area contributed by atoms with Crippen molar-refractivity contribution in [1.29, 1.82) is 0 Å². The Labute approximate surface area is 166 Å². The number of pyridine rings is 1. The lowest BCUT2D eigenvalue weighted by Crippen LogP contribution is -2.24. The lowest BCUT2D eigenvalue weighted by Gasteiger charge is -2.24. The number of benzene rings is 1. The van der Waals surface area contributed by atoms with Crippen molar-refractivity contribution in [2.24, 2.45) is 7.05 Å². The molecule has 1 aliphatic rings. The second kappa shape index (κ2) is 7.84. The Morgan fingerprint density at radius 3 is 2.75 bits per heavy atom. The number of rotatable bonds is 5. The van der Waals surface area contributed by atoms with E-state index in [9.17, 15) is 4.39 Å². The van der Waals surface area contributed by atoms with Crippen LogP contribution in [-0.4, -0.2) is 26.2 Å². The van der Waals surface area contributed by atoms with Crippen molar-refractivity contribution in [2.75, 3.05) is 6.54 Å². The SMILES string of the molecule is Cc1cc(Cc2cccc(F)c2)cc([C@H]2CCCN2Cc2cn(C)nc2C)n1. The number of hydrogen-bond donors (Lipinski definition) is 0. The molecule has 1 atom stereocenters. The molecule has 0 radical (unpaired) electrons. The van der Waals surface area contributed by atoms with Gasteiger partial charge in [-0.3, -0.25) is 14.6 Å². The Hall–Kier alpha value is -2.53. The lowest BCUT2D eigenvalue weighted by atomic mass is 10.0. The van der Waals surface area contributed by atoms with E-state index >= 15 is 0 Å². The van der Waals surface area contributed by atoms with Crippen molar-refractivity contribution in [3.05, 3.63) is 82.2 Å². The highest BCUT2D eigenvalue weighted by Gasteiger charge is 2.28. The minimum absolute atomic E-state index is 0.183. The van der Waals surface area contributed by atoms with Crippen LogP contribution in [0.3, 0.4) is 0 Å². The van der Waals surface area contributed by atoms with Crippen molar-refractivity contribution >= 4 is 0 Å². The molecular weight excluding hydrogens is 351 g/mol. The largest absolute Gasteiger partial charge is 0.290 e. The predicted octanol–water partition coefficient (Wildman–Crippen LogP) is 4.50. The quantitative estimate of drug-likeness (QED) is 0.656. The van der Waals surface area contributed by atoms with Gasteiger partial charge in [-0.15, -0.1) is 0 Å². The van der Waals surface area contributed by atoms with Gasteiger partial charge in [0.1, 0.15) is 5.82 Å². The van der Waals surface area contributed by atoms with E-state index in [1.807, 2.05) is 24.7 Å². The van der Waals surface area contributed by atoms with Crippen LogP contribution in [0.4, 0.5) is 4.39 Å². The molecule has 0 aliphatic carbocycles. The minimum atomic E-state index is -0.183. The summed E-state index contributed by atoms with van der Waals surface area (Å²) in [5.74, 6) is -0.183. The molecule has 3 aromatic rings. The topological polar surface area (TPSA) is 34.0 Å². The van der Waals surface area contributed by atoms with Gasteiger partial charge in [0.25, 0.3) is 0 Å². The Kier molecular flexibility index (Phi) is 5.27. The first-order chi connectivity index (χ1) is 13.5. The van der Waals surface area contributed by atoms with Gasteiger partial charge >= 0.3 is 0 Å². The number of nitrogens with zero attached hydrogens (tertiary/aromatic N) is 4. The standard InChI is InChI=1S/C23H27FN4/c1-16-10-19(11-18-6-4-7-21(24)12-18)13-22(25-16)23-8-5-9-28(23)15-20-14-27(3)26-17(20)2/h4,6-7,10,12-14,23H,5,8-9,11,15H2,1-3H3/t23-/m1/s1. The molecule has 4 nitrogen and oxygen atoms in total. The summed E-state index contributed by atoms with van der Waals surface area (Å²) < 4.78 is 15.4. The van der Waals surface area contributed by atoms with E-state index in [2.05, 4.69) is 35.3 Å². The second-order valence-corrected chi connectivity index (χ2v) is 7.89. The van der Waals surface area contributed by atoms with Crippen LogP contribution in [0.1, 0.15) is 52.7 Å². The summed E-state index contributed by atoms with van der Waals surface area (Å²) in [5.41, 5.74) is 6.71. The van der Waals surface area contributed by atoms with Gasteiger partial charge < -0.3 is 0 Å². The van der Waals surface area contributed by atoms with Gasteiger partial charge in [0.15, 0.2) is 0 Å². The lowest BCUT2D eigenvalue weighted by molar-refractivity contribution is 0.243. The predicted molar refractivity (Wildman–Crippen MR) is 109 cm³/mol. The first kappa shape index (κ1) is 18.8. The van der Waals surface area contributed by atoms with Crippen LogP contribution in [0, 0.1) is 19.7 Å². The zero-order valence-corrected chi connectivity index (χ0v) is 16.8. The third-order valence-corrected chi connectivity index (χ3v) is 5.52. The van der Waals surface area contributed by atoms with Gasteiger partial charge in [0, 0.05) is 31.0 Å². The number of halogens is 1. The summed E-state index contributed by atoms with van der Waals surface area (Å²) in [6.07, 6.45) is 5.14. The van der Waals surface area contributed by atoms with E-state index in [4.69, 9.17) is 4.98 Å². The Balaban J connectivity index is 1.57. The van der Waals surface area contributed by atoms with Crippen LogP contribution < -0.4 is 0 Å². The molecule has 0 spiro atoms. The maximum absolute atomic E-state index is 13.5.